The van der Waals surface area contributed by atoms with Gasteiger partial charge in [0.1, 0.15) is 23.7 Å². The number of esters is 1. The number of hydrogen-bond donors (Lipinski definition) is 1. The Bertz CT molecular complexity index is 1470. The molecule has 7 heteroatoms. The molecule has 0 amide bonds. The van der Waals surface area contributed by atoms with E-state index in [4.69, 9.17) is 19.6 Å². The Morgan fingerprint density at radius 2 is 1.85 bits per heavy atom. The SMILES string of the molecule is CCOC(=O)Cc1ccccc1OCc1cc(-c2cccc(CN)c2)c2oc(CN(C)C3CCN(C)CC3)cc2c1. The molecule has 41 heavy (non-hydrogen) atoms. The number of fused-ring (bicyclic) bond motifs is 1. The Balaban J connectivity index is 1.43. The van der Waals surface area contributed by atoms with Crippen molar-refractivity contribution in [1.29, 1.82) is 0 Å². The van der Waals surface area contributed by atoms with E-state index >= 15 is 0 Å². The fraction of sp³-hybridized carbons (Fsp3) is 0.382. The van der Waals surface area contributed by atoms with Crippen LogP contribution < -0.4 is 10.5 Å². The van der Waals surface area contributed by atoms with Crippen LogP contribution in [0.1, 0.15) is 42.2 Å². The summed E-state index contributed by atoms with van der Waals surface area (Å²) in [6.45, 7) is 6.02. The minimum absolute atomic E-state index is 0.177. The highest BCUT2D eigenvalue weighted by Crippen LogP contribution is 2.34. The number of piperidine rings is 1. The molecule has 1 aliphatic heterocycles. The van der Waals surface area contributed by atoms with Crippen molar-refractivity contribution in [2.45, 2.75) is 51.9 Å². The summed E-state index contributed by atoms with van der Waals surface area (Å²) in [5.74, 6) is 1.37. The number of para-hydroxylation sites is 1. The highest BCUT2D eigenvalue weighted by Gasteiger charge is 2.22. The van der Waals surface area contributed by atoms with Crippen molar-refractivity contribution in [3.05, 3.63) is 89.2 Å². The first-order chi connectivity index (χ1) is 19.9. The average molecular weight is 556 g/mol. The fourth-order valence-corrected chi connectivity index (χ4v) is 5.64. The topological polar surface area (TPSA) is 81.2 Å². The molecule has 2 heterocycles. The number of nitrogens with two attached hydrogens (primary N) is 1. The molecule has 7 nitrogen and oxygen atoms in total. The quantitative estimate of drug-likeness (QED) is 0.235. The number of ether oxygens (including phenoxy) is 2. The molecule has 5 rings (SSSR count). The highest BCUT2D eigenvalue weighted by atomic mass is 16.5. The van der Waals surface area contributed by atoms with Crippen molar-refractivity contribution < 1.29 is 18.7 Å². The van der Waals surface area contributed by atoms with Gasteiger partial charge in [0.2, 0.25) is 0 Å². The molecule has 216 valence electrons. The summed E-state index contributed by atoms with van der Waals surface area (Å²) in [6.07, 6.45) is 2.52. The van der Waals surface area contributed by atoms with Crippen LogP contribution in [0.5, 0.6) is 5.75 Å². The average Bonchev–Trinajstić information content (AvgIpc) is 3.39. The highest BCUT2D eigenvalue weighted by molar-refractivity contribution is 5.93. The number of benzene rings is 3. The monoisotopic (exact) mass is 555 g/mol. The first-order valence-electron chi connectivity index (χ1n) is 14.5. The fourth-order valence-electron chi connectivity index (χ4n) is 5.64. The van der Waals surface area contributed by atoms with Crippen molar-refractivity contribution in [2.75, 3.05) is 33.8 Å². The van der Waals surface area contributed by atoms with E-state index < -0.39 is 0 Å². The molecule has 1 fully saturated rings. The zero-order chi connectivity index (χ0) is 28.8. The first kappa shape index (κ1) is 28.9. The van der Waals surface area contributed by atoms with E-state index in [9.17, 15) is 4.79 Å². The number of furan rings is 1. The van der Waals surface area contributed by atoms with E-state index in [1.54, 1.807) is 0 Å². The molecule has 1 aromatic heterocycles. The summed E-state index contributed by atoms with van der Waals surface area (Å²) in [5, 5.41) is 1.05. The van der Waals surface area contributed by atoms with Crippen molar-refractivity contribution in [3.63, 3.8) is 0 Å². The van der Waals surface area contributed by atoms with E-state index in [0.29, 0.717) is 31.5 Å². The number of rotatable bonds is 11. The molecule has 2 N–H and O–H groups in total. The van der Waals surface area contributed by atoms with E-state index in [1.165, 1.54) is 12.8 Å². The molecular formula is C34H41N3O4. The van der Waals surface area contributed by atoms with Gasteiger partial charge in [0.15, 0.2) is 0 Å². The summed E-state index contributed by atoms with van der Waals surface area (Å²) >= 11 is 0. The predicted octanol–water partition coefficient (Wildman–Crippen LogP) is 5.77. The van der Waals surface area contributed by atoms with E-state index in [-0.39, 0.29) is 12.4 Å². The largest absolute Gasteiger partial charge is 0.489 e. The first-order valence-corrected chi connectivity index (χ1v) is 14.5. The molecule has 0 spiro atoms. The van der Waals surface area contributed by atoms with Crippen LogP contribution in [-0.2, 0) is 35.6 Å². The Morgan fingerprint density at radius 3 is 2.63 bits per heavy atom. The normalized spacial score (nSPS) is 14.6. The maximum absolute atomic E-state index is 12.1. The van der Waals surface area contributed by atoms with Gasteiger partial charge in [0.25, 0.3) is 0 Å². The van der Waals surface area contributed by atoms with Crippen molar-refractivity contribution in [3.8, 4) is 16.9 Å². The number of carbonyl (C=O) groups excluding carboxylic acids is 1. The van der Waals surface area contributed by atoms with Crippen LogP contribution in [-0.4, -0.2) is 55.6 Å². The summed E-state index contributed by atoms with van der Waals surface area (Å²) in [7, 11) is 4.39. The van der Waals surface area contributed by atoms with Gasteiger partial charge in [-0.25, -0.2) is 0 Å². The molecule has 1 aliphatic rings. The van der Waals surface area contributed by atoms with Crippen molar-refractivity contribution in [1.82, 2.24) is 9.80 Å². The molecule has 4 aromatic rings. The van der Waals surface area contributed by atoms with Crippen LogP contribution >= 0.6 is 0 Å². The number of likely N-dealkylation sites (tertiary alicyclic amines) is 1. The van der Waals surface area contributed by atoms with Gasteiger partial charge < -0.3 is 24.5 Å². The summed E-state index contributed by atoms with van der Waals surface area (Å²) in [4.78, 5) is 16.9. The Morgan fingerprint density at radius 1 is 1.05 bits per heavy atom. The molecule has 0 atom stereocenters. The van der Waals surface area contributed by atoms with Crippen LogP contribution in [0.2, 0.25) is 0 Å². The van der Waals surface area contributed by atoms with Gasteiger partial charge in [-0.15, -0.1) is 0 Å². The van der Waals surface area contributed by atoms with Crippen molar-refractivity contribution in [2.24, 2.45) is 5.73 Å². The van der Waals surface area contributed by atoms with Gasteiger partial charge >= 0.3 is 5.97 Å². The summed E-state index contributed by atoms with van der Waals surface area (Å²) in [6, 6.07) is 22.9. The second-order valence-electron chi connectivity index (χ2n) is 11.0. The molecule has 1 saturated heterocycles. The van der Waals surface area contributed by atoms with Crippen LogP contribution in [0, 0.1) is 0 Å². The minimum atomic E-state index is -0.261. The van der Waals surface area contributed by atoms with E-state index in [1.807, 2.05) is 43.3 Å². The Kier molecular flexibility index (Phi) is 9.39. The maximum Gasteiger partial charge on any atom is 0.310 e. The van der Waals surface area contributed by atoms with Gasteiger partial charge in [-0.2, -0.15) is 0 Å². The van der Waals surface area contributed by atoms with E-state index in [0.717, 1.165) is 64.2 Å². The second-order valence-corrected chi connectivity index (χ2v) is 11.0. The third-order valence-corrected chi connectivity index (χ3v) is 7.92. The molecule has 0 radical (unpaired) electrons. The molecular weight excluding hydrogens is 514 g/mol. The van der Waals surface area contributed by atoms with Gasteiger partial charge in [-0.1, -0.05) is 36.4 Å². The minimum Gasteiger partial charge on any atom is -0.489 e. The molecule has 0 saturated carbocycles. The van der Waals surface area contributed by atoms with Crippen LogP contribution in [0.25, 0.3) is 22.1 Å². The lowest BCUT2D eigenvalue weighted by molar-refractivity contribution is -0.142. The van der Waals surface area contributed by atoms with Gasteiger partial charge in [-0.05, 0) is 94.0 Å². The smallest absolute Gasteiger partial charge is 0.310 e. The van der Waals surface area contributed by atoms with Crippen molar-refractivity contribution >= 4 is 16.9 Å². The number of nitrogens with zero attached hydrogens (tertiary/aromatic N) is 2. The summed E-state index contributed by atoms with van der Waals surface area (Å²) in [5.41, 5.74) is 11.8. The lowest BCUT2D eigenvalue weighted by Crippen LogP contribution is -2.41. The van der Waals surface area contributed by atoms with Gasteiger partial charge in [0.05, 0.1) is 19.6 Å². The number of carbonyl (C=O) groups is 1. The standard InChI is InChI=1S/C34H41N3O4/c1-4-39-33(38)20-27-9-5-6-11-32(27)40-23-25-17-28-19-30(22-37(3)29-12-14-36(2)15-13-29)41-34(28)31(18-25)26-10-7-8-24(16-26)21-35/h5-11,16-19,29H,4,12-15,20-23,35H2,1-3H3. The Labute approximate surface area is 242 Å². The van der Waals surface area contributed by atoms with Crippen LogP contribution in [0.15, 0.2) is 71.1 Å². The Hall–Kier alpha value is -3.65. The van der Waals surface area contributed by atoms with Gasteiger partial charge in [0, 0.05) is 29.1 Å². The predicted molar refractivity (Wildman–Crippen MR) is 163 cm³/mol. The zero-order valence-electron chi connectivity index (χ0n) is 24.4. The summed E-state index contributed by atoms with van der Waals surface area (Å²) < 4.78 is 18.0. The molecule has 3 aromatic carbocycles. The lowest BCUT2D eigenvalue weighted by Gasteiger charge is -2.34. The maximum atomic E-state index is 12.1. The molecule has 0 unspecified atom stereocenters. The van der Waals surface area contributed by atoms with Crippen LogP contribution in [0.4, 0.5) is 0 Å². The zero-order valence-corrected chi connectivity index (χ0v) is 24.4. The number of hydrogen-bond acceptors (Lipinski definition) is 7. The van der Waals surface area contributed by atoms with Crippen LogP contribution in [0.3, 0.4) is 0 Å². The third-order valence-electron chi connectivity index (χ3n) is 7.92. The third kappa shape index (κ3) is 7.17. The molecule has 0 aliphatic carbocycles. The molecule has 0 bridgehead atoms. The van der Waals surface area contributed by atoms with E-state index in [2.05, 4.69) is 54.2 Å². The second kappa shape index (κ2) is 13.3. The van der Waals surface area contributed by atoms with Gasteiger partial charge in [-0.3, -0.25) is 9.69 Å². The lowest BCUT2D eigenvalue weighted by atomic mass is 9.99.